The summed E-state index contributed by atoms with van der Waals surface area (Å²) in [5.74, 6) is 6.35. The lowest BCUT2D eigenvalue weighted by atomic mass is 9.99. The van der Waals surface area contributed by atoms with E-state index in [-0.39, 0.29) is 6.04 Å². The normalized spacial score (nSPS) is 12.2. The van der Waals surface area contributed by atoms with Crippen LogP contribution in [0.4, 0.5) is 0 Å². The third-order valence-electron chi connectivity index (χ3n) is 3.04. The molecule has 3 N–H and O–H groups in total. The largest absolute Gasteiger partial charge is 0.495 e. The highest BCUT2D eigenvalue weighted by molar-refractivity contribution is 6.42. The maximum atomic E-state index is 6.03. The monoisotopic (exact) mass is 311 g/mol. The van der Waals surface area contributed by atoms with Gasteiger partial charge in [0.2, 0.25) is 0 Å². The number of pyridine rings is 1. The molecule has 20 heavy (non-hydrogen) atoms. The van der Waals surface area contributed by atoms with Crippen LogP contribution in [0.1, 0.15) is 17.2 Å². The van der Waals surface area contributed by atoms with Gasteiger partial charge in [0.25, 0.3) is 0 Å². The summed E-state index contributed by atoms with van der Waals surface area (Å²) < 4.78 is 5.30. The smallest absolute Gasteiger partial charge is 0.141 e. The molecule has 6 heteroatoms. The highest BCUT2D eigenvalue weighted by atomic mass is 35.5. The quantitative estimate of drug-likeness (QED) is 0.658. The predicted octanol–water partition coefficient (Wildman–Crippen LogP) is 3.14. The number of nitrogens with two attached hydrogens (primary N) is 1. The van der Waals surface area contributed by atoms with Gasteiger partial charge in [-0.1, -0.05) is 29.3 Å². The molecule has 0 aliphatic heterocycles. The first-order valence-electron chi connectivity index (χ1n) is 6.03. The predicted molar refractivity (Wildman–Crippen MR) is 81.0 cm³/mol. The summed E-state index contributed by atoms with van der Waals surface area (Å²) in [4.78, 5) is 4.03. The van der Waals surface area contributed by atoms with Gasteiger partial charge in [0.1, 0.15) is 5.75 Å². The average molecular weight is 312 g/mol. The molecule has 0 fully saturated rings. The van der Waals surface area contributed by atoms with Crippen molar-refractivity contribution in [1.82, 2.24) is 10.4 Å². The number of hydrogen-bond acceptors (Lipinski definition) is 4. The molecule has 1 aromatic carbocycles. The van der Waals surface area contributed by atoms with Crippen molar-refractivity contribution >= 4 is 23.2 Å². The van der Waals surface area contributed by atoms with Gasteiger partial charge in [-0.3, -0.25) is 16.3 Å². The van der Waals surface area contributed by atoms with E-state index in [9.17, 15) is 0 Å². The van der Waals surface area contributed by atoms with E-state index in [1.165, 1.54) is 0 Å². The van der Waals surface area contributed by atoms with Crippen LogP contribution >= 0.6 is 23.2 Å². The number of halogens is 2. The second-order valence-corrected chi connectivity index (χ2v) is 5.10. The van der Waals surface area contributed by atoms with E-state index < -0.39 is 0 Å². The van der Waals surface area contributed by atoms with Gasteiger partial charge in [0.15, 0.2) is 0 Å². The summed E-state index contributed by atoms with van der Waals surface area (Å²) >= 11 is 11.9. The van der Waals surface area contributed by atoms with E-state index in [1.54, 1.807) is 25.6 Å². The Hall–Kier alpha value is -1.33. The Morgan fingerprint density at radius 2 is 2.10 bits per heavy atom. The SMILES string of the molecule is COc1cnccc1C(Cc1ccc(Cl)c(Cl)c1)NN. The van der Waals surface area contributed by atoms with Gasteiger partial charge < -0.3 is 4.74 Å². The molecule has 4 nitrogen and oxygen atoms in total. The fourth-order valence-corrected chi connectivity index (χ4v) is 2.33. The molecule has 0 spiro atoms. The third kappa shape index (κ3) is 3.41. The van der Waals surface area contributed by atoms with E-state index in [0.717, 1.165) is 11.1 Å². The van der Waals surface area contributed by atoms with Gasteiger partial charge in [-0.05, 0) is 30.2 Å². The maximum Gasteiger partial charge on any atom is 0.141 e. The number of nitrogens with one attached hydrogen (secondary N) is 1. The lowest BCUT2D eigenvalue weighted by Crippen LogP contribution is -2.30. The van der Waals surface area contributed by atoms with Gasteiger partial charge in [-0.25, -0.2) is 0 Å². The van der Waals surface area contributed by atoms with Crippen molar-refractivity contribution in [3.05, 3.63) is 57.8 Å². The van der Waals surface area contributed by atoms with E-state index in [0.29, 0.717) is 22.2 Å². The molecule has 0 saturated heterocycles. The van der Waals surface area contributed by atoms with E-state index in [2.05, 4.69) is 10.4 Å². The molecule has 1 heterocycles. The second kappa shape index (κ2) is 6.90. The lowest BCUT2D eigenvalue weighted by molar-refractivity contribution is 0.397. The van der Waals surface area contributed by atoms with E-state index >= 15 is 0 Å². The molecule has 0 bridgehead atoms. The van der Waals surface area contributed by atoms with Gasteiger partial charge in [-0.2, -0.15) is 0 Å². The van der Waals surface area contributed by atoms with Crippen molar-refractivity contribution in [3.8, 4) is 5.75 Å². The molecule has 0 aliphatic carbocycles. The lowest BCUT2D eigenvalue weighted by Gasteiger charge is -2.19. The number of benzene rings is 1. The van der Waals surface area contributed by atoms with Crippen LogP contribution in [0.3, 0.4) is 0 Å². The first-order valence-corrected chi connectivity index (χ1v) is 6.79. The fourth-order valence-electron chi connectivity index (χ4n) is 2.01. The Labute approximate surface area is 127 Å². The summed E-state index contributed by atoms with van der Waals surface area (Å²) in [6, 6.07) is 7.30. The summed E-state index contributed by atoms with van der Waals surface area (Å²) in [7, 11) is 1.60. The number of rotatable bonds is 5. The topological polar surface area (TPSA) is 60.2 Å². The van der Waals surface area contributed by atoms with Crippen LogP contribution in [0, 0.1) is 0 Å². The number of ether oxygens (including phenoxy) is 1. The molecule has 2 rings (SSSR count). The second-order valence-electron chi connectivity index (χ2n) is 4.29. The number of aromatic nitrogens is 1. The van der Waals surface area contributed by atoms with E-state index in [4.69, 9.17) is 33.8 Å². The molecule has 0 radical (unpaired) electrons. The van der Waals surface area contributed by atoms with Crippen molar-refractivity contribution in [2.24, 2.45) is 5.84 Å². The van der Waals surface area contributed by atoms with Crippen molar-refractivity contribution in [3.63, 3.8) is 0 Å². The highest BCUT2D eigenvalue weighted by Crippen LogP contribution is 2.28. The number of nitrogens with zero attached hydrogens (tertiary/aromatic N) is 1. The molecular formula is C14H15Cl2N3O. The molecule has 1 unspecified atom stereocenters. The zero-order valence-electron chi connectivity index (χ0n) is 10.9. The molecule has 1 atom stereocenters. The third-order valence-corrected chi connectivity index (χ3v) is 3.78. The Morgan fingerprint density at radius 3 is 2.75 bits per heavy atom. The summed E-state index contributed by atoms with van der Waals surface area (Å²) in [5.41, 5.74) is 4.76. The zero-order valence-corrected chi connectivity index (χ0v) is 12.4. The van der Waals surface area contributed by atoms with Crippen molar-refractivity contribution < 1.29 is 4.74 Å². The zero-order chi connectivity index (χ0) is 14.5. The van der Waals surface area contributed by atoms with Crippen LogP contribution in [0.25, 0.3) is 0 Å². The molecule has 0 aliphatic rings. The van der Waals surface area contributed by atoms with Crippen LogP contribution < -0.4 is 16.0 Å². The maximum absolute atomic E-state index is 6.03. The van der Waals surface area contributed by atoms with Crippen LogP contribution in [0.2, 0.25) is 10.0 Å². The first kappa shape index (κ1) is 15.1. The first-order chi connectivity index (χ1) is 9.65. The molecule has 1 aromatic heterocycles. The minimum absolute atomic E-state index is 0.106. The number of hydrogen-bond donors (Lipinski definition) is 2. The minimum Gasteiger partial charge on any atom is -0.495 e. The van der Waals surface area contributed by atoms with Gasteiger partial charge in [0, 0.05) is 11.8 Å². The van der Waals surface area contributed by atoms with Crippen LogP contribution in [0.5, 0.6) is 5.75 Å². The standard InChI is InChI=1S/C14H15Cl2N3O/c1-20-14-8-18-5-4-10(14)13(19-17)7-9-2-3-11(15)12(16)6-9/h2-6,8,13,19H,7,17H2,1H3. The highest BCUT2D eigenvalue weighted by Gasteiger charge is 2.15. The Kier molecular flexibility index (Phi) is 5.20. The van der Waals surface area contributed by atoms with Crippen molar-refractivity contribution in [1.29, 1.82) is 0 Å². The van der Waals surface area contributed by atoms with Gasteiger partial charge >= 0.3 is 0 Å². The molecular weight excluding hydrogens is 297 g/mol. The molecule has 2 aromatic rings. The van der Waals surface area contributed by atoms with Crippen molar-refractivity contribution in [2.75, 3.05) is 7.11 Å². The minimum atomic E-state index is -0.106. The van der Waals surface area contributed by atoms with Gasteiger partial charge in [-0.15, -0.1) is 0 Å². The summed E-state index contributed by atoms with van der Waals surface area (Å²) in [6.45, 7) is 0. The number of methoxy groups -OCH3 is 1. The fraction of sp³-hybridized carbons (Fsp3) is 0.214. The van der Waals surface area contributed by atoms with Gasteiger partial charge in [0.05, 0.1) is 29.4 Å². The Morgan fingerprint density at radius 1 is 1.30 bits per heavy atom. The Balaban J connectivity index is 2.26. The van der Waals surface area contributed by atoms with Crippen LogP contribution in [0.15, 0.2) is 36.7 Å². The Bertz CT molecular complexity index is 592. The molecule has 0 amide bonds. The summed E-state index contributed by atoms with van der Waals surface area (Å²) in [6.07, 6.45) is 4.03. The summed E-state index contributed by atoms with van der Waals surface area (Å²) in [5, 5.41) is 1.07. The molecule has 106 valence electrons. The average Bonchev–Trinajstić information content (AvgIpc) is 2.48. The number of hydrazine groups is 1. The van der Waals surface area contributed by atoms with Crippen molar-refractivity contribution in [2.45, 2.75) is 12.5 Å². The van der Waals surface area contributed by atoms with Crippen LogP contribution in [-0.2, 0) is 6.42 Å². The molecule has 0 saturated carbocycles. The van der Waals surface area contributed by atoms with Crippen LogP contribution in [-0.4, -0.2) is 12.1 Å². The van der Waals surface area contributed by atoms with E-state index in [1.807, 2.05) is 18.2 Å².